The molecule has 3 rings (SSSR count). The molecule has 0 fully saturated rings. The van der Waals surface area contributed by atoms with Crippen LogP contribution in [0.4, 0.5) is 5.69 Å². The lowest BCUT2D eigenvalue weighted by molar-refractivity contribution is -0.139. The Kier molecular flexibility index (Phi) is 11.2. The molecule has 1 unspecified atom stereocenters. The van der Waals surface area contributed by atoms with Gasteiger partial charge in [-0.15, -0.1) is 0 Å². The van der Waals surface area contributed by atoms with Crippen molar-refractivity contribution in [3.63, 3.8) is 0 Å². The molecule has 10 heteroatoms. The molecule has 220 valence electrons. The third-order valence-electron chi connectivity index (χ3n) is 6.57. The molecule has 0 saturated heterocycles. The van der Waals surface area contributed by atoms with E-state index in [2.05, 4.69) is 5.32 Å². The number of halogens is 1. The molecular weight excluding hydrogens is 562 g/mol. The molecule has 1 N–H and O–H groups in total. The minimum Gasteiger partial charge on any atom is -0.492 e. The quantitative estimate of drug-likeness (QED) is 0.283. The van der Waals surface area contributed by atoms with Gasteiger partial charge in [-0.3, -0.25) is 13.9 Å². The van der Waals surface area contributed by atoms with Crippen molar-refractivity contribution in [3.05, 3.63) is 88.9 Å². The standard InChI is InChI=1S/C31H38ClN3O5S/c1-6-40-29-14-10-9-13-28(29)35(41(38,39)27-17-15-26(32)16-18-27)21-30(36)34(20-25-12-8-7-11-23(25)4)24(5)31(37)33-19-22(2)3/h7-18,22,24H,6,19-21H2,1-5H3,(H,33,37). The van der Waals surface area contributed by atoms with Crippen LogP contribution in [0.2, 0.25) is 5.02 Å². The number of para-hydroxylation sites is 2. The SMILES string of the molecule is CCOc1ccccc1N(CC(=O)N(Cc1ccccc1C)C(C)C(=O)NCC(C)C)S(=O)(=O)c1ccc(Cl)cc1. The van der Waals surface area contributed by atoms with Crippen LogP contribution in [0.1, 0.15) is 38.8 Å². The molecule has 0 radical (unpaired) electrons. The summed E-state index contributed by atoms with van der Waals surface area (Å²) in [4.78, 5) is 28.6. The predicted molar refractivity (Wildman–Crippen MR) is 163 cm³/mol. The number of carbonyl (C=O) groups is 2. The first kappa shape index (κ1) is 32.0. The van der Waals surface area contributed by atoms with Gasteiger partial charge < -0.3 is 15.0 Å². The van der Waals surface area contributed by atoms with Crippen LogP contribution in [0.3, 0.4) is 0 Å². The Morgan fingerprint density at radius 3 is 2.22 bits per heavy atom. The lowest BCUT2D eigenvalue weighted by Crippen LogP contribution is -2.51. The van der Waals surface area contributed by atoms with Crippen molar-refractivity contribution in [2.45, 2.75) is 52.1 Å². The van der Waals surface area contributed by atoms with Crippen molar-refractivity contribution in [3.8, 4) is 5.75 Å². The van der Waals surface area contributed by atoms with E-state index < -0.39 is 28.5 Å². The number of nitrogens with one attached hydrogen (secondary N) is 1. The van der Waals surface area contributed by atoms with E-state index in [1.54, 1.807) is 38.1 Å². The number of aryl methyl sites for hydroxylation is 1. The van der Waals surface area contributed by atoms with Crippen LogP contribution in [0, 0.1) is 12.8 Å². The first-order valence-electron chi connectivity index (χ1n) is 13.6. The molecule has 0 aliphatic carbocycles. The van der Waals surface area contributed by atoms with E-state index in [9.17, 15) is 18.0 Å². The van der Waals surface area contributed by atoms with Crippen molar-refractivity contribution < 1.29 is 22.7 Å². The summed E-state index contributed by atoms with van der Waals surface area (Å²) in [7, 11) is -4.24. The number of hydrogen-bond acceptors (Lipinski definition) is 5. The lowest BCUT2D eigenvalue weighted by Gasteiger charge is -2.32. The second-order valence-corrected chi connectivity index (χ2v) is 12.4. The highest BCUT2D eigenvalue weighted by Gasteiger charge is 2.34. The average Bonchev–Trinajstić information content (AvgIpc) is 2.94. The Morgan fingerprint density at radius 1 is 0.951 bits per heavy atom. The van der Waals surface area contributed by atoms with Crippen LogP contribution in [-0.4, -0.2) is 50.9 Å². The summed E-state index contributed by atoms with van der Waals surface area (Å²) in [5.41, 5.74) is 2.02. The maximum Gasteiger partial charge on any atom is 0.264 e. The molecule has 41 heavy (non-hydrogen) atoms. The van der Waals surface area contributed by atoms with Crippen molar-refractivity contribution in [2.75, 3.05) is 24.0 Å². The molecule has 0 bridgehead atoms. The molecule has 0 aliphatic rings. The van der Waals surface area contributed by atoms with Crippen molar-refractivity contribution in [1.29, 1.82) is 0 Å². The van der Waals surface area contributed by atoms with Gasteiger partial charge in [0.1, 0.15) is 18.3 Å². The number of carbonyl (C=O) groups excluding carboxylic acids is 2. The summed E-state index contributed by atoms with van der Waals surface area (Å²) in [6.45, 7) is 9.66. The highest BCUT2D eigenvalue weighted by Crippen LogP contribution is 2.33. The van der Waals surface area contributed by atoms with Gasteiger partial charge in [-0.25, -0.2) is 8.42 Å². The maximum atomic E-state index is 14.1. The number of anilines is 1. The van der Waals surface area contributed by atoms with E-state index in [1.807, 2.05) is 45.0 Å². The molecule has 3 aromatic rings. The summed E-state index contributed by atoms with van der Waals surface area (Å²) in [6.07, 6.45) is 0. The maximum absolute atomic E-state index is 14.1. The summed E-state index contributed by atoms with van der Waals surface area (Å²) >= 11 is 6.02. The lowest BCUT2D eigenvalue weighted by atomic mass is 10.1. The minimum atomic E-state index is -4.24. The van der Waals surface area contributed by atoms with Gasteiger partial charge in [0.05, 0.1) is 17.2 Å². The van der Waals surface area contributed by atoms with Gasteiger partial charge >= 0.3 is 0 Å². The number of hydrogen-bond donors (Lipinski definition) is 1. The van der Waals surface area contributed by atoms with Crippen molar-refractivity contribution in [2.24, 2.45) is 5.92 Å². The predicted octanol–water partition coefficient (Wildman–Crippen LogP) is 5.43. The summed E-state index contributed by atoms with van der Waals surface area (Å²) < 4.78 is 34.8. The zero-order chi connectivity index (χ0) is 30.2. The van der Waals surface area contributed by atoms with E-state index in [1.165, 1.54) is 29.2 Å². The fraction of sp³-hybridized carbons (Fsp3) is 0.355. The monoisotopic (exact) mass is 599 g/mol. The van der Waals surface area contributed by atoms with Gasteiger partial charge in [-0.05, 0) is 74.2 Å². The molecule has 0 saturated carbocycles. The fourth-order valence-electron chi connectivity index (χ4n) is 4.19. The second kappa shape index (κ2) is 14.4. The topological polar surface area (TPSA) is 96.0 Å². The van der Waals surface area contributed by atoms with E-state index in [-0.39, 0.29) is 29.0 Å². The van der Waals surface area contributed by atoms with Crippen LogP contribution < -0.4 is 14.4 Å². The first-order chi connectivity index (χ1) is 19.4. The molecule has 1 atom stereocenters. The molecule has 0 heterocycles. The van der Waals surface area contributed by atoms with Gasteiger partial charge in [0.25, 0.3) is 10.0 Å². The molecule has 0 spiro atoms. The van der Waals surface area contributed by atoms with Crippen LogP contribution in [0.15, 0.2) is 77.7 Å². The average molecular weight is 600 g/mol. The zero-order valence-corrected chi connectivity index (χ0v) is 25.7. The third kappa shape index (κ3) is 8.24. The van der Waals surface area contributed by atoms with Gasteiger partial charge in [0.2, 0.25) is 11.8 Å². The van der Waals surface area contributed by atoms with E-state index >= 15 is 0 Å². The van der Waals surface area contributed by atoms with Crippen LogP contribution in [0.5, 0.6) is 5.75 Å². The normalized spacial score (nSPS) is 12.1. The molecule has 0 aliphatic heterocycles. The number of ether oxygens (including phenoxy) is 1. The van der Waals surface area contributed by atoms with Gasteiger partial charge in [0, 0.05) is 18.1 Å². The molecule has 2 amide bonds. The van der Waals surface area contributed by atoms with Gasteiger partial charge in [-0.2, -0.15) is 0 Å². The Hall–Kier alpha value is -3.56. The van der Waals surface area contributed by atoms with E-state index in [0.717, 1.165) is 15.4 Å². The summed E-state index contributed by atoms with van der Waals surface area (Å²) in [6, 6.07) is 19.1. The number of sulfonamides is 1. The third-order valence-corrected chi connectivity index (χ3v) is 8.59. The van der Waals surface area contributed by atoms with Gasteiger partial charge in [0.15, 0.2) is 0 Å². The Bertz CT molecular complexity index is 1440. The number of benzene rings is 3. The zero-order valence-electron chi connectivity index (χ0n) is 24.1. The van der Waals surface area contributed by atoms with Gasteiger partial charge in [-0.1, -0.05) is 61.8 Å². The molecule has 8 nitrogen and oxygen atoms in total. The largest absolute Gasteiger partial charge is 0.492 e. The number of nitrogens with zero attached hydrogens (tertiary/aromatic N) is 2. The number of amides is 2. The second-order valence-electron chi connectivity index (χ2n) is 10.1. The minimum absolute atomic E-state index is 0.0332. The first-order valence-corrected chi connectivity index (χ1v) is 15.4. The Morgan fingerprint density at radius 2 is 1.59 bits per heavy atom. The highest BCUT2D eigenvalue weighted by molar-refractivity contribution is 7.92. The van der Waals surface area contributed by atoms with Crippen LogP contribution >= 0.6 is 11.6 Å². The molecular formula is C31H38ClN3O5S. The smallest absolute Gasteiger partial charge is 0.264 e. The van der Waals surface area contributed by atoms with Crippen molar-refractivity contribution >= 4 is 39.1 Å². The molecule has 0 aromatic heterocycles. The highest BCUT2D eigenvalue weighted by atomic mass is 35.5. The fourth-order valence-corrected chi connectivity index (χ4v) is 5.74. The molecule has 3 aromatic carbocycles. The summed E-state index contributed by atoms with van der Waals surface area (Å²) in [5.74, 6) is -0.318. The number of rotatable bonds is 13. The van der Waals surface area contributed by atoms with E-state index in [0.29, 0.717) is 23.9 Å². The van der Waals surface area contributed by atoms with Crippen molar-refractivity contribution in [1.82, 2.24) is 10.2 Å². The summed E-state index contributed by atoms with van der Waals surface area (Å²) in [5, 5.41) is 3.27. The van der Waals surface area contributed by atoms with Crippen LogP contribution in [0.25, 0.3) is 0 Å². The Balaban J connectivity index is 2.07. The Labute approximate surface area is 248 Å². The van der Waals surface area contributed by atoms with Crippen LogP contribution in [-0.2, 0) is 26.2 Å². The van der Waals surface area contributed by atoms with E-state index in [4.69, 9.17) is 16.3 Å².